The molecule has 5 heteroatoms. The molecule has 1 atom stereocenters. The summed E-state index contributed by atoms with van der Waals surface area (Å²) in [6, 6.07) is 15.8. The number of carbonyl (C=O) groups excluding carboxylic acids is 1. The van der Waals surface area contributed by atoms with E-state index in [4.69, 9.17) is 10.00 Å². The first-order chi connectivity index (χ1) is 11.7. The molecule has 24 heavy (non-hydrogen) atoms. The van der Waals surface area contributed by atoms with Gasteiger partial charge in [0, 0.05) is 6.54 Å². The topological polar surface area (TPSA) is 82.3 Å². The molecular weight excluding hydrogens is 304 g/mol. The number of amides is 1. The van der Waals surface area contributed by atoms with E-state index in [-0.39, 0.29) is 12.5 Å². The van der Waals surface area contributed by atoms with Crippen molar-refractivity contribution >= 4 is 5.91 Å². The number of nitrogens with zero attached hydrogens (tertiary/aromatic N) is 1. The molecule has 122 valence electrons. The smallest absolute Gasteiger partial charge is 0.255 e. The third-order valence-electron chi connectivity index (χ3n) is 4.00. The fourth-order valence-corrected chi connectivity index (χ4v) is 2.45. The number of ether oxygens (including phenoxy) is 1. The van der Waals surface area contributed by atoms with Crippen LogP contribution in [0.5, 0.6) is 11.5 Å². The Balaban J connectivity index is 1.75. The minimum Gasteiger partial charge on any atom is -0.455 e. The first-order valence-corrected chi connectivity index (χ1v) is 7.91. The fourth-order valence-electron chi connectivity index (χ4n) is 2.45. The van der Waals surface area contributed by atoms with E-state index in [0.29, 0.717) is 28.5 Å². The zero-order valence-electron chi connectivity index (χ0n) is 13.1. The molecule has 5 nitrogen and oxygen atoms in total. The van der Waals surface area contributed by atoms with Crippen molar-refractivity contribution in [2.45, 2.75) is 18.9 Å². The van der Waals surface area contributed by atoms with E-state index in [0.717, 1.165) is 12.8 Å². The van der Waals surface area contributed by atoms with E-state index in [9.17, 15) is 9.90 Å². The zero-order valence-corrected chi connectivity index (χ0v) is 13.1. The van der Waals surface area contributed by atoms with Gasteiger partial charge in [-0.2, -0.15) is 5.26 Å². The van der Waals surface area contributed by atoms with Gasteiger partial charge < -0.3 is 15.2 Å². The molecule has 0 unspecified atom stereocenters. The molecule has 1 amide bonds. The molecule has 3 rings (SSSR count). The van der Waals surface area contributed by atoms with Gasteiger partial charge in [-0.15, -0.1) is 0 Å². The lowest BCUT2D eigenvalue weighted by atomic mass is 10.1. The van der Waals surface area contributed by atoms with Crippen LogP contribution < -0.4 is 10.1 Å². The van der Waals surface area contributed by atoms with Crippen molar-refractivity contribution in [3.05, 3.63) is 59.7 Å². The van der Waals surface area contributed by atoms with Crippen LogP contribution in [0.2, 0.25) is 0 Å². The van der Waals surface area contributed by atoms with Crippen LogP contribution in [0.3, 0.4) is 0 Å². The molecule has 0 saturated heterocycles. The van der Waals surface area contributed by atoms with Crippen molar-refractivity contribution in [2.75, 3.05) is 6.54 Å². The number of benzene rings is 2. The van der Waals surface area contributed by atoms with Gasteiger partial charge >= 0.3 is 0 Å². The highest BCUT2D eigenvalue weighted by Crippen LogP contribution is 2.32. The maximum absolute atomic E-state index is 12.4. The van der Waals surface area contributed by atoms with Gasteiger partial charge in [0.15, 0.2) is 0 Å². The largest absolute Gasteiger partial charge is 0.455 e. The van der Waals surface area contributed by atoms with Crippen molar-refractivity contribution in [3.63, 3.8) is 0 Å². The Morgan fingerprint density at radius 3 is 2.58 bits per heavy atom. The second-order valence-corrected chi connectivity index (χ2v) is 5.82. The summed E-state index contributed by atoms with van der Waals surface area (Å²) in [6.07, 6.45) is 1.53. The Morgan fingerprint density at radius 1 is 1.21 bits per heavy atom. The van der Waals surface area contributed by atoms with Gasteiger partial charge in [0.1, 0.15) is 17.6 Å². The van der Waals surface area contributed by atoms with Gasteiger partial charge in [-0.05, 0) is 43.0 Å². The summed E-state index contributed by atoms with van der Waals surface area (Å²) in [6.45, 7) is 0.229. The number of rotatable bonds is 6. The first-order valence-electron chi connectivity index (χ1n) is 7.91. The highest BCUT2D eigenvalue weighted by molar-refractivity contribution is 5.97. The molecule has 1 saturated carbocycles. The Hall–Kier alpha value is -2.84. The number of hydrogen-bond donors (Lipinski definition) is 2. The molecule has 0 aromatic heterocycles. The maximum Gasteiger partial charge on any atom is 0.255 e. The fraction of sp³-hybridized carbons (Fsp3) is 0.263. The van der Waals surface area contributed by atoms with Crippen LogP contribution >= 0.6 is 0 Å². The number of para-hydroxylation sites is 2. The molecule has 0 aliphatic heterocycles. The normalized spacial score (nSPS) is 14.5. The Bertz CT molecular complexity index is 778. The highest BCUT2D eigenvalue weighted by atomic mass is 16.5. The lowest BCUT2D eigenvalue weighted by molar-refractivity contribution is 0.0899. The summed E-state index contributed by atoms with van der Waals surface area (Å²) in [7, 11) is 0. The molecule has 2 N–H and O–H groups in total. The minimum absolute atomic E-state index is 0.229. The Labute approximate surface area is 140 Å². The van der Waals surface area contributed by atoms with Crippen LogP contribution in [0.1, 0.15) is 28.8 Å². The predicted molar refractivity (Wildman–Crippen MR) is 88.7 cm³/mol. The summed E-state index contributed by atoms with van der Waals surface area (Å²) in [5, 5.41) is 21.8. The standard InChI is InChI=1S/C19H18N2O3/c20-11-14-5-1-3-7-17(14)24-18-8-4-2-6-15(18)19(23)21-12-16(22)13-9-10-13/h1-8,13,16,22H,9-10,12H2,(H,21,23)/t16-/m0/s1. The Morgan fingerprint density at radius 2 is 1.88 bits per heavy atom. The quantitative estimate of drug-likeness (QED) is 0.857. The summed E-state index contributed by atoms with van der Waals surface area (Å²) < 4.78 is 5.77. The van der Waals surface area contributed by atoms with Crippen LogP contribution in [0.15, 0.2) is 48.5 Å². The molecular formula is C19H18N2O3. The summed E-state index contributed by atoms with van der Waals surface area (Å²) in [5.74, 6) is 0.774. The molecule has 0 spiro atoms. The molecule has 1 aliphatic rings. The summed E-state index contributed by atoms with van der Waals surface area (Å²) >= 11 is 0. The van der Waals surface area contributed by atoms with Gasteiger partial charge in [0.05, 0.1) is 17.2 Å². The predicted octanol–water partition coefficient (Wildman–Crippen LogP) is 2.85. The summed E-state index contributed by atoms with van der Waals surface area (Å²) in [4.78, 5) is 12.4. The van der Waals surface area contributed by atoms with Gasteiger partial charge in [-0.3, -0.25) is 4.79 Å². The average Bonchev–Trinajstić information content (AvgIpc) is 3.45. The molecule has 0 heterocycles. The summed E-state index contributed by atoms with van der Waals surface area (Å²) in [5.41, 5.74) is 0.769. The number of carbonyl (C=O) groups is 1. The molecule has 0 radical (unpaired) electrons. The molecule has 1 aliphatic carbocycles. The molecule has 0 bridgehead atoms. The number of aliphatic hydroxyl groups excluding tert-OH is 1. The van der Waals surface area contributed by atoms with E-state index >= 15 is 0 Å². The lowest BCUT2D eigenvalue weighted by Crippen LogP contribution is -2.33. The third kappa shape index (κ3) is 3.73. The van der Waals surface area contributed by atoms with E-state index in [1.807, 2.05) is 0 Å². The van der Waals surface area contributed by atoms with Gasteiger partial charge in [0.25, 0.3) is 5.91 Å². The highest BCUT2D eigenvalue weighted by Gasteiger charge is 2.29. The maximum atomic E-state index is 12.4. The van der Waals surface area contributed by atoms with E-state index < -0.39 is 6.10 Å². The number of nitriles is 1. The number of aliphatic hydroxyl groups is 1. The van der Waals surface area contributed by atoms with Crippen LogP contribution in [0, 0.1) is 17.2 Å². The van der Waals surface area contributed by atoms with E-state index in [1.54, 1.807) is 48.5 Å². The zero-order chi connectivity index (χ0) is 16.9. The van der Waals surface area contributed by atoms with E-state index in [2.05, 4.69) is 11.4 Å². The van der Waals surface area contributed by atoms with Crippen LogP contribution in [-0.4, -0.2) is 23.7 Å². The molecule has 2 aromatic carbocycles. The van der Waals surface area contributed by atoms with Gasteiger partial charge in [0.2, 0.25) is 0 Å². The SMILES string of the molecule is N#Cc1ccccc1Oc1ccccc1C(=O)NC[C@H](O)C1CC1. The first kappa shape index (κ1) is 16.0. The van der Waals surface area contributed by atoms with Crippen molar-refractivity contribution in [2.24, 2.45) is 5.92 Å². The molecule has 2 aromatic rings. The minimum atomic E-state index is -0.499. The van der Waals surface area contributed by atoms with Crippen molar-refractivity contribution in [1.29, 1.82) is 5.26 Å². The molecule has 1 fully saturated rings. The van der Waals surface area contributed by atoms with Crippen LogP contribution in [0.4, 0.5) is 0 Å². The van der Waals surface area contributed by atoms with Crippen LogP contribution in [0.25, 0.3) is 0 Å². The number of nitrogens with one attached hydrogen (secondary N) is 1. The van der Waals surface area contributed by atoms with Crippen molar-refractivity contribution in [3.8, 4) is 17.6 Å². The second-order valence-electron chi connectivity index (χ2n) is 5.82. The lowest BCUT2D eigenvalue weighted by Gasteiger charge is -2.14. The Kier molecular flexibility index (Phi) is 4.78. The second kappa shape index (κ2) is 7.16. The van der Waals surface area contributed by atoms with Crippen molar-refractivity contribution < 1.29 is 14.6 Å². The van der Waals surface area contributed by atoms with Gasteiger partial charge in [-0.25, -0.2) is 0 Å². The monoisotopic (exact) mass is 322 g/mol. The number of hydrogen-bond acceptors (Lipinski definition) is 4. The third-order valence-corrected chi connectivity index (χ3v) is 4.00. The van der Waals surface area contributed by atoms with Crippen LogP contribution in [-0.2, 0) is 0 Å². The van der Waals surface area contributed by atoms with Crippen molar-refractivity contribution in [1.82, 2.24) is 5.32 Å². The average molecular weight is 322 g/mol. The van der Waals surface area contributed by atoms with Gasteiger partial charge in [-0.1, -0.05) is 24.3 Å². The van der Waals surface area contributed by atoms with E-state index in [1.165, 1.54) is 0 Å².